The molecule has 1 aromatic carbocycles. The molecule has 0 fully saturated rings. The molecule has 0 spiro atoms. The molecule has 0 saturated heterocycles. The van der Waals surface area contributed by atoms with Crippen molar-refractivity contribution in [3.8, 4) is 6.07 Å². The third kappa shape index (κ3) is 3.05. The van der Waals surface area contributed by atoms with Gasteiger partial charge in [0.05, 0.1) is 5.56 Å². The second-order valence-corrected chi connectivity index (χ2v) is 5.32. The maximum atomic E-state index is 9.01. The van der Waals surface area contributed by atoms with Crippen LogP contribution in [0.4, 0.5) is 0 Å². The number of hydrogen-bond donors (Lipinski definition) is 0. The van der Waals surface area contributed by atoms with Crippen molar-refractivity contribution in [2.75, 3.05) is 0 Å². The van der Waals surface area contributed by atoms with Crippen LogP contribution in [0.3, 0.4) is 0 Å². The summed E-state index contributed by atoms with van der Waals surface area (Å²) in [5.41, 5.74) is 1.64. The van der Waals surface area contributed by atoms with Crippen molar-refractivity contribution in [3.63, 3.8) is 0 Å². The van der Waals surface area contributed by atoms with Gasteiger partial charge in [-0.2, -0.15) is 5.26 Å². The molecule has 0 N–H and O–H groups in total. The van der Waals surface area contributed by atoms with Gasteiger partial charge in [0, 0.05) is 21.8 Å². The Morgan fingerprint density at radius 3 is 2.65 bits per heavy atom. The number of aromatic nitrogens is 2. The predicted molar refractivity (Wildman–Crippen MR) is 69.7 cm³/mol. The van der Waals surface area contributed by atoms with Gasteiger partial charge in [-0.3, -0.25) is 0 Å². The van der Waals surface area contributed by atoms with Gasteiger partial charge in [0.25, 0.3) is 0 Å². The van der Waals surface area contributed by atoms with Gasteiger partial charge in [0.15, 0.2) is 5.16 Å². The van der Waals surface area contributed by atoms with E-state index in [0.717, 1.165) is 14.9 Å². The molecule has 0 aliphatic heterocycles. The molecule has 0 unspecified atom stereocenters. The minimum Gasteiger partial charge on any atom is -0.231 e. The quantitative estimate of drug-likeness (QED) is 0.796. The molecular weight excluding hydrogens is 298 g/mol. The van der Waals surface area contributed by atoms with E-state index in [0.29, 0.717) is 10.7 Å². The first-order chi connectivity index (χ1) is 8.19. The maximum absolute atomic E-state index is 9.01. The fraction of sp³-hybridized carbons (Fsp3) is 0.0833. The number of nitrogens with zero attached hydrogens (tertiary/aromatic N) is 3. The van der Waals surface area contributed by atoms with E-state index < -0.39 is 0 Å². The second kappa shape index (κ2) is 5.30. The fourth-order valence-electron chi connectivity index (χ4n) is 1.20. The topological polar surface area (TPSA) is 49.6 Å². The molecule has 0 aliphatic rings. The van der Waals surface area contributed by atoms with Crippen LogP contribution in [0.5, 0.6) is 0 Å². The van der Waals surface area contributed by atoms with Crippen molar-refractivity contribution in [1.82, 2.24) is 9.97 Å². The molecule has 0 bridgehead atoms. The Kier molecular flexibility index (Phi) is 3.77. The van der Waals surface area contributed by atoms with Crippen LogP contribution in [0, 0.1) is 18.3 Å². The Morgan fingerprint density at radius 1 is 1.29 bits per heavy atom. The Labute approximate surface area is 112 Å². The molecule has 2 aromatic rings. The number of benzene rings is 1. The molecule has 84 valence electrons. The lowest BCUT2D eigenvalue weighted by atomic mass is 10.2. The summed E-state index contributed by atoms with van der Waals surface area (Å²) in [6, 6.07) is 7.68. The van der Waals surface area contributed by atoms with Gasteiger partial charge in [-0.15, -0.1) is 0 Å². The zero-order chi connectivity index (χ0) is 12.3. The third-order valence-electron chi connectivity index (χ3n) is 2.02. The summed E-state index contributed by atoms with van der Waals surface area (Å²) in [7, 11) is 0. The van der Waals surface area contributed by atoms with Gasteiger partial charge in [-0.05, 0) is 42.4 Å². The van der Waals surface area contributed by atoms with E-state index in [4.69, 9.17) is 5.26 Å². The minimum atomic E-state index is 0.627. The van der Waals surface area contributed by atoms with Gasteiger partial charge in [0.1, 0.15) is 6.07 Å². The highest BCUT2D eigenvalue weighted by molar-refractivity contribution is 9.10. The van der Waals surface area contributed by atoms with Crippen molar-refractivity contribution >= 4 is 27.7 Å². The van der Waals surface area contributed by atoms with Crippen molar-refractivity contribution in [2.24, 2.45) is 0 Å². The van der Waals surface area contributed by atoms with Crippen LogP contribution in [0.1, 0.15) is 11.1 Å². The second-order valence-electron chi connectivity index (χ2n) is 3.40. The van der Waals surface area contributed by atoms with Crippen LogP contribution >= 0.6 is 27.7 Å². The number of nitriles is 1. The van der Waals surface area contributed by atoms with Gasteiger partial charge in [-0.1, -0.05) is 15.9 Å². The Bertz CT molecular complexity index is 575. The average molecular weight is 306 g/mol. The zero-order valence-electron chi connectivity index (χ0n) is 9.01. The molecule has 0 atom stereocenters. The molecule has 3 nitrogen and oxygen atoms in total. The molecule has 0 saturated carbocycles. The summed E-state index contributed by atoms with van der Waals surface area (Å²) >= 11 is 4.77. The molecule has 0 radical (unpaired) electrons. The minimum absolute atomic E-state index is 0.627. The van der Waals surface area contributed by atoms with E-state index in [1.165, 1.54) is 11.8 Å². The van der Waals surface area contributed by atoms with E-state index >= 15 is 0 Å². The first-order valence-corrected chi connectivity index (χ1v) is 6.46. The molecule has 1 heterocycles. The van der Waals surface area contributed by atoms with E-state index in [2.05, 4.69) is 32.0 Å². The summed E-state index contributed by atoms with van der Waals surface area (Å²) in [5.74, 6) is 0. The zero-order valence-corrected chi connectivity index (χ0v) is 11.4. The van der Waals surface area contributed by atoms with E-state index in [1.807, 2.05) is 19.1 Å². The van der Waals surface area contributed by atoms with E-state index in [-0.39, 0.29) is 0 Å². The lowest BCUT2D eigenvalue weighted by Crippen LogP contribution is -1.88. The van der Waals surface area contributed by atoms with Crippen LogP contribution in [0.2, 0.25) is 0 Å². The maximum Gasteiger partial charge on any atom is 0.192 e. The number of rotatable bonds is 2. The van der Waals surface area contributed by atoms with E-state index in [9.17, 15) is 0 Å². The summed E-state index contributed by atoms with van der Waals surface area (Å²) < 4.78 is 0.936. The summed E-state index contributed by atoms with van der Waals surface area (Å²) in [4.78, 5) is 9.26. The highest BCUT2D eigenvalue weighted by atomic mass is 79.9. The SMILES string of the molecule is Cc1cnc(Sc2cc(Br)ccc2C#N)nc1. The standard InChI is InChI=1S/C12H8BrN3S/c1-8-6-15-12(16-7-8)17-11-4-10(13)3-2-9(11)5-14/h2-4,6-7H,1H3. The molecule has 17 heavy (non-hydrogen) atoms. The summed E-state index contributed by atoms with van der Waals surface area (Å²) in [6.45, 7) is 1.94. The highest BCUT2D eigenvalue weighted by Crippen LogP contribution is 2.29. The number of aryl methyl sites for hydroxylation is 1. The average Bonchev–Trinajstić information content (AvgIpc) is 2.32. The van der Waals surface area contributed by atoms with Gasteiger partial charge < -0.3 is 0 Å². The highest BCUT2D eigenvalue weighted by Gasteiger charge is 2.06. The Hall–Kier alpha value is -1.38. The molecule has 0 aliphatic carbocycles. The van der Waals surface area contributed by atoms with Crippen LogP contribution in [-0.2, 0) is 0 Å². The number of halogens is 1. The van der Waals surface area contributed by atoms with Gasteiger partial charge in [-0.25, -0.2) is 9.97 Å². The van der Waals surface area contributed by atoms with Crippen molar-refractivity contribution < 1.29 is 0 Å². The first-order valence-electron chi connectivity index (χ1n) is 4.85. The Morgan fingerprint density at radius 2 is 2.00 bits per heavy atom. The number of hydrogen-bond acceptors (Lipinski definition) is 4. The fourth-order valence-corrected chi connectivity index (χ4v) is 2.53. The van der Waals surface area contributed by atoms with Crippen LogP contribution in [0.25, 0.3) is 0 Å². The molecular formula is C12H8BrN3S. The predicted octanol–water partition coefficient (Wildman–Crippen LogP) is 3.57. The van der Waals surface area contributed by atoms with Crippen molar-refractivity contribution in [2.45, 2.75) is 17.0 Å². The smallest absolute Gasteiger partial charge is 0.192 e. The normalized spacial score (nSPS) is 9.94. The lowest BCUT2D eigenvalue weighted by Gasteiger charge is -2.03. The van der Waals surface area contributed by atoms with Crippen LogP contribution in [0.15, 0.2) is 45.1 Å². The summed E-state index contributed by atoms with van der Waals surface area (Å²) in [6.07, 6.45) is 3.53. The Balaban J connectivity index is 2.32. The van der Waals surface area contributed by atoms with Crippen molar-refractivity contribution in [1.29, 1.82) is 5.26 Å². The van der Waals surface area contributed by atoms with E-state index in [1.54, 1.807) is 18.5 Å². The van der Waals surface area contributed by atoms with Crippen LogP contribution < -0.4 is 0 Å². The molecule has 1 aromatic heterocycles. The largest absolute Gasteiger partial charge is 0.231 e. The third-order valence-corrected chi connectivity index (χ3v) is 3.47. The lowest BCUT2D eigenvalue weighted by molar-refractivity contribution is 0.949. The van der Waals surface area contributed by atoms with Gasteiger partial charge in [0.2, 0.25) is 0 Å². The van der Waals surface area contributed by atoms with Gasteiger partial charge >= 0.3 is 0 Å². The van der Waals surface area contributed by atoms with Crippen LogP contribution in [-0.4, -0.2) is 9.97 Å². The monoisotopic (exact) mass is 305 g/mol. The molecule has 2 rings (SSSR count). The summed E-state index contributed by atoms with van der Waals surface area (Å²) in [5, 5.41) is 9.66. The molecule has 0 amide bonds. The first kappa shape index (κ1) is 12.1. The molecule has 5 heteroatoms. The van der Waals surface area contributed by atoms with Crippen molar-refractivity contribution in [3.05, 3.63) is 46.2 Å².